The van der Waals surface area contributed by atoms with Gasteiger partial charge >= 0.3 is 0 Å². The number of H-pyrrole nitrogens is 1. The molecule has 0 bridgehead atoms. The zero-order valence-electron chi connectivity index (χ0n) is 10.9. The van der Waals surface area contributed by atoms with E-state index in [0.717, 1.165) is 55.2 Å². The van der Waals surface area contributed by atoms with Crippen LogP contribution in [0, 0.1) is 0 Å². The molecule has 0 radical (unpaired) electrons. The van der Waals surface area contributed by atoms with Gasteiger partial charge in [-0.05, 0) is 18.2 Å². The molecule has 1 aromatic heterocycles. The van der Waals surface area contributed by atoms with Gasteiger partial charge in [-0.1, -0.05) is 0 Å². The molecule has 3 N–H and O–H groups in total. The Labute approximate surface area is 112 Å². The molecule has 2 aromatic rings. The van der Waals surface area contributed by atoms with Crippen molar-refractivity contribution in [1.29, 1.82) is 0 Å². The van der Waals surface area contributed by atoms with Crippen LogP contribution in [0.25, 0.3) is 10.9 Å². The van der Waals surface area contributed by atoms with Crippen molar-refractivity contribution in [2.45, 2.75) is 0 Å². The summed E-state index contributed by atoms with van der Waals surface area (Å²) >= 11 is 0. The van der Waals surface area contributed by atoms with Crippen molar-refractivity contribution >= 4 is 16.6 Å². The Bertz CT molecular complexity index is 547. The molecule has 1 fully saturated rings. The van der Waals surface area contributed by atoms with Crippen LogP contribution in [0.15, 0.2) is 24.4 Å². The molecule has 1 aliphatic heterocycles. The van der Waals surface area contributed by atoms with E-state index in [0.29, 0.717) is 6.61 Å². The lowest BCUT2D eigenvalue weighted by Gasteiger charge is -2.26. The maximum absolute atomic E-state index is 5.92. The molecule has 0 atom stereocenters. The predicted molar refractivity (Wildman–Crippen MR) is 75.5 cm³/mol. The van der Waals surface area contributed by atoms with E-state index in [1.165, 1.54) is 0 Å². The van der Waals surface area contributed by atoms with Gasteiger partial charge in [0.15, 0.2) is 0 Å². The van der Waals surface area contributed by atoms with Crippen LogP contribution in [-0.4, -0.2) is 49.3 Å². The van der Waals surface area contributed by atoms with Gasteiger partial charge in [0.1, 0.15) is 12.4 Å². The summed E-state index contributed by atoms with van der Waals surface area (Å²) in [5, 5.41) is 1.02. The largest absolute Gasteiger partial charge is 0.490 e. The maximum atomic E-state index is 5.92. The smallest absolute Gasteiger partial charge is 0.143 e. The lowest BCUT2D eigenvalue weighted by Crippen LogP contribution is -2.38. The van der Waals surface area contributed by atoms with Crippen LogP contribution in [-0.2, 0) is 4.74 Å². The van der Waals surface area contributed by atoms with Gasteiger partial charge in [0.05, 0.1) is 18.7 Å². The van der Waals surface area contributed by atoms with Crippen molar-refractivity contribution in [3.8, 4) is 5.75 Å². The van der Waals surface area contributed by atoms with Crippen LogP contribution < -0.4 is 10.5 Å². The summed E-state index contributed by atoms with van der Waals surface area (Å²) < 4.78 is 11.2. The van der Waals surface area contributed by atoms with Crippen LogP contribution in [0.2, 0.25) is 0 Å². The van der Waals surface area contributed by atoms with Crippen molar-refractivity contribution in [2.24, 2.45) is 0 Å². The van der Waals surface area contributed by atoms with Crippen molar-refractivity contribution < 1.29 is 9.47 Å². The van der Waals surface area contributed by atoms with Crippen LogP contribution in [0.5, 0.6) is 5.75 Å². The van der Waals surface area contributed by atoms with E-state index in [1.807, 2.05) is 24.4 Å². The predicted octanol–water partition coefficient (Wildman–Crippen LogP) is 1.46. The van der Waals surface area contributed by atoms with Crippen LogP contribution in [0.4, 0.5) is 5.69 Å². The van der Waals surface area contributed by atoms with E-state index < -0.39 is 0 Å². The van der Waals surface area contributed by atoms with Gasteiger partial charge in [0.2, 0.25) is 0 Å². The molecule has 5 nitrogen and oxygen atoms in total. The summed E-state index contributed by atoms with van der Waals surface area (Å²) in [6, 6.07) is 5.78. The fraction of sp³-hybridized carbons (Fsp3) is 0.429. The summed E-state index contributed by atoms with van der Waals surface area (Å²) in [5.41, 5.74) is 7.67. The van der Waals surface area contributed by atoms with E-state index in [9.17, 15) is 0 Å². The minimum absolute atomic E-state index is 0.679. The van der Waals surface area contributed by atoms with E-state index in [-0.39, 0.29) is 0 Å². The molecule has 1 saturated heterocycles. The number of nitrogens with zero attached hydrogens (tertiary/aromatic N) is 1. The van der Waals surface area contributed by atoms with Crippen molar-refractivity contribution in [2.75, 3.05) is 45.2 Å². The molecule has 0 saturated carbocycles. The highest BCUT2D eigenvalue weighted by Gasteiger charge is 2.11. The van der Waals surface area contributed by atoms with Gasteiger partial charge in [-0.15, -0.1) is 0 Å². The molecule has 5 heteroatoms. The van der Waals surface area contributed by atoms with Crippen LogP contribution in [0.1, 0.15) is 0 Å². The highest BCUT2D eigenvalue weighted by atomic mass is 16.5. The molecule has 3 rings (SSSR count). The molecule has 0 unspecified atom stereocenters. The molecule has 102 valence electrons. The number of nitrogen functional groups attached to an aromatic ring is 1. The number of morpholine rings is 1. The Morgan fingerprint density at radius 3 is 2.95 bits per heavy atom. The first-order valence-corrected chi connectivity index (χ1v) is 6.63. The number of hydrogen-bond acceptors (Lipinski definition) is 4. The Morgan fingerprint density at radius 1 is 1.26 bits per heavy atom. The molecule has 19 heavy (non-hydrogen) atoms. The molecule has 0 spiro atoms. The summed E-state index contributed by atoms with van der Waals surface area (Å²) in [4.78, 5) is 5.53. The molecular formula is C14H19N3O2. The Morgan fingerprint density at radius 2 is 2.11 bits per heavy atom. The minimum atomic E-state index is 0.679. The standard InChI is InChI=1S/C14H19N3O2/c15-12-1-2-13(14-11(12)3-4-16-14)19-10-7-17-5-8-18-9-6-17/h1-4,16H,5-10,15H2. The number of aromatic nitrogens is 1. The number of benzene rings is 1. The lowest BCUT2D eigenvalue weighted by molar-refractivity contribution is 0.0323. The fourth-order valence-corrected chi connectivity index (χ4v) is 2.38. The first kappa shape index (κ1) is 12.3. The third kappa shape index (κ3) is 2.67. The number of nitrogens with two attached hydrogens (primary N) is 1. The monoisotopic (exact) mass is 261 g/mol. The molecule has 0 aliphatic carbocycles. The third-order valence-corrected chi connectivity index (χ3v) is 3.49. The maximum Gasteiger partial charge on any atom is 0.143 e. The van der Waals surface area contributed by atoms with Crippen molar-refractivity contribution in [3.05, 3.63) is 24.4 Å². The zero-order valence-corrected chi connectivity index (χ0v) is 10.9. The highest BCUT2D eigenvalue weighted by Crippen LogP contribution is 2.28. The first-order valence-electron chi connectivity index (χ1n) is 6.63. The van der Waals surface area contributed by atoms with Gasteiger partial charge in [-0.25, -0.2) is 0 Å². The average Bonchev–Trinajstić information content (AvgIpc) is 2.93. The molecule has 1 aromatic carbocycles. The lowest BCUT2D eigenvalue weighted by atomic mass is 10.2. The second-order valence-corrected chi connectivity index (χ2v) is 4.72. The fourth-order valence-electron chi connectivity index (χ4n) is 2.38. The number of nitrogens with one attached hydrogen (secondary N) is 1. The van der Waals surface area contributed by atoms with E-state index >= 15 is 0 Å². The Hall–Kier alpha value is -1.72. The van der Waals surface area contributed by atoms with Gasteiger partial charge < -0.3 is 20.2 Å². The van der Waals surface area contributed by atoms with Gasteiger partial charge in [-0.2, -0.15) is 0 Å². The molecule has 2 heterocycles. The summed E-state index contributed by atoms with van der Waals surface area (Å²) in [7, 11) is 0. The van der Waals surface area contributed by atoms with Gasteiger partial charge in [-0.3, -0.25) is 4.90 Å². The van der Waals surface area contributed by atoms with E-state index in [4.69, 9.17) is 15.2 Å². The average molecular weight is 261 g/mol. The number of aromatic amines is 1. The van der Waals surface area contributed by atoms with Crippen LogP contribution in [0.3, 0.4) is 0 Å². The van der Waals surface area contributed by atoms with Crippen molar-refractivity contribution in [1.82, 2.24) is 9.88 Å². The minimum Gasteiger partial charge on any atom is -0.490 e. The van der Waals surface area contributed by atoms with Gasteiger partial charge in [0, 0.05) is 36.9 Å². The summed E-state index contributed by atoms with van der Waals surface area (Å²) in [5.74, 6) is 0.863. The normalized spacial score (nSPS) is 16.8. The zero-order chi connectivity index (χ0) is 13.1. The number of ether oxygens (including phenoxy) is 2. The molecular weight excluding hydrogens is 242 g/mol. The van der Waals surface area contributed by atoms with E-state index in [2.05, 4.69) is 9.88 Å². The van der Waals surface area contributed by atoms with Gasteiger partial charge in [0.25, 0.3) is 0 Å². The highest BCUT2D eigenvalue weighted by molar-refractivity contribution is 5.94. The summed E-state index contributed by atoms with van der Waals surface area (Å²) in [6.45, 7) is 5.23. The first-order chi connectivity index (χ1) is 9.34. The second-order valence-electron chi connectivity index (χ2n) is 4.72. The van der Waals surface area contributed by atoms with E-state index in [1.54, 1.807) is 0 Å². The number of anilines is 1. The van der Waals surface area contributed by atoms with Crippen molar-refractivity contribution in [3.63, 3.8) is 0 Å². The SMILES string of the molecule is Nc1ccc(OCCN2CCOCC2)c2[nH]ccc12. The summed E-state index contributed by atoms with van der Waals surface area (Å²) in [6.07, 6.45) is 1.88. The third-order valence-electron chi connectivity index (χ3n) is 3.49. The molecule has 0 amide bonds. The number of rotatable bonds is 4. The number of hydrogen-bond donors (Lipinski definition) is 2. The Balaban J connectivity index is 1.62. The molecule has 1 aliphatic rings. The quantitative estimate of drug-likeness (QED) is 0.818. The number of fused-ring (bicyclic) bond motifs is 1. The second kappa shape index (κ2) is 5.50. The Kier molecular flexibility index (Phi) is 3.57. The van der Waals surface area contributed by atoms with Crippen LogP contribution >= 0.6 is 0 Å². The topological polar surface area (TPSA) is 63.5 Å².